The summed E-state index contributed by atoms with van der Waals surface area (Å²) in [5, 5.41) is 9.99. The first-order valence-corrected chi connectivity index (χ1v) is 10.3. The second kappa shape index (κ2) is 6.59. The van der Waals surface area contributed by atoms with Crippen LogP contribution in [0.2, 0.25) is 0 Å². The number of carbonyl (C=O) groups is 1. The van der Waals surface area contributed by atoms with Crippen LogP contribution in [0.15, 0.2) is 66.0 Å². The molecule has 3 aliphatic rings. The molecule has 0 fully saturated rings. The van der Waals surface area contributed by atoms with E-state index < -0.39 is 0 Å². The molecule has 0 spiro atoms. The number of benzene rings is 1. The van der Waals surface area contributed by atoms with E-state index >= 15 is 0 Å². The molecule has 136 valence electrons. The molecule has 0 aliphatic carbocycles. The molecule has 2 aromatic rings. The third-order valence-electron chi connectivity index (χ3n) is 5.23. The van der Waals surface area contributed by atoms with Gasteiger partial charge in [-0.25, -0.2) is 0 Å². The summed E-state index contributed by atoms with van der Waals surface area (Å²) in [6.45, 7) is 1.90. The molecule has 0 radical (unpaired) electrons. The summed E-state index contributed by atoms with van der Waals surface area (Å²) < 4.78 is 1.82. The maximum Gasteiger partial charge on any atom is 0.252 e. The van der Waals surface area contributed by atoms with Gasteiger partial charge in [0.1, 0.15) is 0 Å². The highest BCUT2D eigenvalue weighted by molar-refractivity contribution is 7.51. The van der Waals surface area contributed by atoms with Crippen LogP contribution in [0.3, 0.4) is 0 Å². The van der Waals surface area contributed by atoms with Gasteiger partial charge in [0.15, 0.2) is 0 Å². The monoisotopic (exact) mass is 376 g/mol. The maximum atomic E-state index is 12.8. The first kappa shape index (κ1) is 16.7. The Labute approximate surface area is 159 Å². The van der Waals surface area contributed by atoms with Crippen molar-refractivity contribution < 1.29 is 4.79 Å². The molecule has 5 nitrogen and oxygen atoms in total. The van der Waals surface area contributed by atoms with Crippen LogP contribution in [-0.2, 0) is 11.8 Å². The summed E-state index contributed by atoms with van der Waals surface area (Å²) >= 11 is 0. The van der Waals surface area contributed by atoms with Gasteiger partial charge in [0.2, 0.25) is 0 Å². The van der Waals surface area contributed by atoms with Gasteiger partial charge in [-0.1, -0.05) is 32.9 Å². The molecule has 0 saturated carbocycles. The van der Waals surface area contributed by atoms with Crippen LogP contribution in [0.5, 0.6) is 0 Å². The van der Waals surface area contributed by atoms with Gasteiger partial charge in [-0.3, -0.25) is 9.48 Å². The minimum atomic E-state index is 0.0661. The van der Waals surface area contributed by atoms with Crippen molar-refractivity contribution in [3.63, 3.8) is 0 Å². The van der Waals surface area contributed by atoms with Crippen LogP contribution >= 0.6 is 8.58 Å². The molecule has 4 heterocycles. The van der Waals surface area contributed by atoms with Crippen molar-refractivity contribution >= 4 is 30.7 Å². The zero-order chi connectivity index (χ0) is 18.4. The van der Waals surface area contributed by atoms with Crippen LogP contribution in [0.1, 0.15) is 12.0 Å². The molecular weight excluding hydrogens is 355 g/mol. The van der Waals surface area contributed by atoms with Crippen molar-refractivity contribution in [2.45, 2.75) is 12.2 Å². The summed E-state index contributed by atoms with van der Waals surface area (Å²) in [6, 6.07) is 6.24. The number of hydrogen-bond acceptors (Lipinski definition) is 3. The smallest absolute Gasteiger partial charge is 0.252 e. The van der Waals surface area contributed by atoms with Gasteiger partial charge >= 0.3 is 0 Å². The van der Waals surface area contributed by atoms with Crippen molar-refractivity contribution in [1.82, 2.24) is 20.0 Å². The van der Waals surface area contributed by atoms with E-state index in [0.717, 1.165) is 41.3 Å². The molecule has 1 N–H and O–H groups in total. The van der Waals surface area contributed by atoms with Crippen LogP contribution in [0.25, 0.3) is 16.2 Å². The first-order chi connectivity index (χ1) is 13.2. The van der Waals surface area contributed by atoms with Gasteiger partial charge in [0, 0.05) is 37.5 Å². The second-order valence-electron chi connectivity index (χ2n) is 7.10. The van der Waals surface area contributed by atoms with E-state index in [4.69, 9.17) is 0 Å². The summed E-state index contributed by atoms with van der Waals surface area (Å²) in [5.41, 5.74) is 4.59. The molecule has 0 bridgehead atoms. The van der Waals surface area contributed by atoms with E-state index in [0.29, 0.717) is 8.58 Å². The third kappa shape index (κ3) is 3.07. The number of rotatable bonds is 2. The zero-order valence-corrected chi connectivity index (χ0v) is 16.1. The molecule has 27 heavy (non-hydrogen) atoms. The third-order valence-corrected chi connectivity index (χ3v) is 6.74. The number of hydrogen-bond donors (Lipinski definition) is 1. The van der Waals surface area contributed by atoms with Gasteiger partial charge < -0.3 is 10.2 Å². The molecule has 1 aromatic carbocycles. The lowest BCUT2D eigenvalue weighted by Crippen LogP contribution is -2.35. The highest BCUT2D eigenvalue weighted by Crippen LogP contribution is 2.45. The van der Waals surface area contributed by atoms with Crippen molar-refractivity contribution in [2.24, 2.45) is 7.05 Å². The minimum absolute atomic E-state index is 0.0661. The maximum absolute atomic E-state index is 12.8. The molecule has 1 aromatic heterocycles. The van der Waals surface area contributed by atoms with E-state index in [1.807, 2.05) is 35.1 Å². The molecule has 1 amide bonds. The zero-order valence-electron chi connectivity index (χ0n) is 15.1. The Hall–Kier alpha value is -2.49. The fourth-order valence-corrected chi connectivity index (χ4v) is 5.22. The minimum Gasteiger partial charge on any atom is -0.313 e. The van der Waals surface area contributed by atoms with E-state index in [1.165, 1.54) is 11.1 Å². The van der Waals surface area contributed by atoms with E-state index in [9.17, 15) is 4.79 Å². The lowest BCUT2D eigenvalue weighted by Gasteiger charge is -2.34. The average molecular weight is 376 g/mol. The Morgan fingerprint density at radius 2 is 2.26 bits per heavy atom. The molecule has 2 atom stereocenters. The van der Waals surface area contributed by atoms with Gasteiger partial charge in [0.25, 0.3) is 5.91 Å². The van der Waals surface area contributed by atoms with Crippen molar-refractivity contribution in [2.75, 3.05) is 13.1 Å². The summed E-state index contributed by atoms with van der Waals surface area (Å²) in [5.74, 6) is 0.185. The number of allylic oxidation sites excluding steroid dienone is 2. The predicted molar refractivity (Wildman–Crippen MR) is 110 cm³/mol. The van der Waals surface area contributed by atoms with Crippen LogP contribution in [0.4, 0.5) is 0 Å². The fraction of sp³-hybridized carbons (Fsp3) is 0.238. The highest BCUT2D eigenvalue weighted by atomic mass is 31.1. The van der Waals surface area contributed by atoms with E-state index in [1.54, 1.807) is 6.08 Å². The number of nitrogens with zero attached hydrogens (tertiary/aromatic N) is 3. The largest absolute Gasteiger partial charge is 0.313 e. The van der Waals surface area contributed by atoms with Crippen LogP contribution in [0, 0.1) is 0 Å². The first-order valence-electron chi connectivity index (χ1n) is 9.22. The lowest BCUT2D eigenvalue weighted by molar-refractivity contribution is -0.123. The van der Waals surface area contributed by atoms with Gasteiger partial charge in [-0.05, 0) is 47.1 Å². The molecule has 6 heteroatoms. The predicted octanol–water partition coefficient (Wildman–Crippen LogP) is 3.13. The Balaban J connectivity index is 1.45. The topological polar surface area (TPSA) is 50.2 Å². The highest BCUT2D eigenvalue weighted by Gasteiger charge is 2.29. The average Bonchev–Trinajstić information content (AvgIpc) is 3.07. The van der Waals surface area contributed by atoms with E-state index in [-0.39, 0.29) is 11.7 Å². The van der Waals surface area contributed by atoms with Gasteiger partial charge in [-0.15, -0.1) is 0 Å². The number of nitrogens with one attached hydrogen (secondary N) is 1. The summed E-state index contributed by atoms with van der Waals surface area (Å²) in [7, 11) is 2.47. The quantitative estimate of drug-likeness (QED) is 0.820. The van der Waals surface area contributed by atoms with E-state index in [2.05, 4.69) is 40.8 Å². The van der Waals surface area contributed by atoms with Crippen molar-refractivity contribution in [1.29, 1.82) is 0 Å². The Morgan fingerprint density at radius 1 is 1.33 bits per heavy atom. The number of aryl methyl sites for hydroxylation is 1. The lowest BCUT2D eigenvalue weighted by atomic mass is 9.99. The number of amides is 1. The van der Waals surface area contributed by atoms with Crippen LogP contribution < -0.4 is 5.32 Å². The Kier molecular flexibility index (Phi) is 4.07. The van der Waals surface area contributed by atoms with Crippen molar-refractivity contribution in [3.05, 3.63) is 71.6 Å². The SMILES string of the molecule is Cn1cc2cc(C3=CC(=O)N4C=C(C5=CCNCC5)C=CC4P3)ccc2n1. The molecule has 0 saturated heterocycles. The molecule has 5 rings (SSSR count). The second-order valence-corrected chi connectivity index (χ2v) is 8.51. The fourth-order valence-electron chi connectivity index (χ4n) is 3.84. The number of aromatic nitrogens is 2. The summed E-state index contributed by atoms with van der Waals surface area (Å²) in [6.07, 6.45) is 13.5. The van der Waals surface area contributed by atoms with Crippen LogP contribution in [-0.4, -0.2) is 39.5 Å². The molecular formula is C21H21N4OP. The standard InChI is InChI=1S/C21H21N4OP/c1-24-12-17-10-15(2-4-18(17)23-24)19-11-20(26)25-13-16(3-5-21(25)27-19)14-6-8-22-9-7-14/h2-6,10-13,21-22,27H,7-9H2,1H3. The number of carbonyl (C=O) groups excluding carboxylic acids is 1. The van der Waals surface area contributed by atoms with Gasteiger partial charge in [-0.2, -0.15) is 5.10 Å². The number of fused-ring (bicyclic) bond motifs is 2. The normalized spacial score (nSPS) is 23.3. The Morgan fingerprint density at radius 3 is 3.11 bits per heavy atom. The molecule has 2 unspecified atom stereocenters. The molecule has 3 aliphatic heterocycles. The van der Waals surface area contributed by atoms with Crippen molar-refractivity contribution in [3.8, 4) is 0 Å². The summed E-state index contributed by atoms with van der Waals surface area (Å²) in [4.78, 5) is 14.7. The van der Waals surface area contributed by atoms with Gasteiger partial charge in [0.05, 0.1) is 11.3 Å². The Bertz CT molecular complexity index is 1060.